The van der Waals surface area contributed by atoms with Gasteiger partial charge >= 0.3 is 6.03 Å². The Balaban J connectivity index is 1.57. The number of nitrogens with one attached hydrogen (secondary N) is 1. The molecule has 0 radical (unpaired) electrons. The summed E-state index contributed by atoms with van der Waals surface area (Å²) in [5.74, 6) is 0.641. The SMILES string of the molecule is Cc1ccccc1NC(=O)N1CCN(c2nc3c(C)nn(C)c3c(=O)n2C(C)C)CC1. The summed E-state index contributed by atoms with van der Waals surface area (Å²) in [6, 6.07) is 7.58. The number of amides is 2. The Morgan fingerprint density at radius 2 is 1.77 bits per heavy atom. The number of benzene rings is 1. The molecule has 1 fully saturated rings. The van der Waals surface area contributed by atoms with Gasteiger partial charge in [0.15, 0.2) is 5.52 Å². The first-order chi connectivity index (χ1) is 14.8. The third kappa shape index (κ3) is 3.75. The van der Waals surface area contributed by atoms with Gasteiger partial charge in [0, 0.05) is 45.0 Å². The molecule has 0 aliphatic carbocycles. The third-order valence-electron chi connectivity index (χ3n) is 5.79. The lowest BCUT2D eigenvalue weighted by molar-refractivity contribution is 0.207. The van der Waals surface area contributed by atoms with Crippen LogP contribution in [0.1, 0.15) is 31.1 Å². The summed E-state index contributed by atoms with van der Waals surface area (Å²) in [4.78, 5) is 34.7. The lowest BCUT2D eigenvalue weighted by atomic mass is 10.2. The van der Waals surface area contributed by atoms with Gasteiger partial charge in [0.2, 0.25) is 5.95 Å². The van der Waals surface area contributed by atoms with Gasteiger partial charge in [0.25, 0.3) is 5.56 Å². The normalized spacial score (nSPS) is 14.5. The summed E-state index contributed by atoms with van der Waals surface area (Å²) in [7, 11) is 1.77. The molecule has 0 bridgehead atoms. The van der Waals surface area contributed by atoms with Crippen molar-refractivity contribution >= 4 is 28.7 Å². The van der Waals surface area contributed by atoms with Crippen LogP contribution >= 0.6 is 0 Å². The smallest absolute Gasteiger partial charge is 0.321 e. The number of urea groups is 1. The van der Waals surface area contributed by atoms with Crippen LogP contribution in [-0.4, -0.2) is 56.4 Å². The van der Waals surface area contributed by atoms with Crippen molar-refractivity contribution in [1.82, 2.24) is 24.2 Å². The van der Waals surface area contributed by atoms with Crippen LogP contribution in [0, 0.1) is 13.8 Å². The highest BCUT2D eigenvalue weighted by Crippen LogP contribution is 2.22. The molecular formula is C22H29N7O2. The average molecular weight is 424 g/mol. The van der Waals surface area contributed by atoms with E-state index in [-0.39, 0.29) is 17.6 Å². The van der Waals surface area contributed by atoms with Crippen molar-refractivity contribution in [3.05, 3.63) is 45.9 Å². The van der Waals surface area contributed by atoms with Crippen molar-refractivity contribution in [3.8, 4) is 0 Å². The number of carbonyl (C=O) groups is 1. The predicted molar refractivity (Wildman–Crippen MR) is 122 cm³/mol. The molecule has 9 nitrogen and oxygen atoms in total. The first-order valence-corrected chi connectivity index (χ1v) is 10.6. The lowest BCUT2D eigenvalue weighted by Crippen LogP contribution is -2.51. The molecule has 2 amide bonds. The van der Waals surface area contributed by atoms with E-state index in [2.05, 4.69) is 15.3 Å². The minimum Gasteiger partial charge on any atom is -0.339 e. The molecule has 1 aliphatic heterocycles. The van der Waals surface area contributed by atoms with E-state index in [0.717, 1.165) is 16.9 Å². The number of aromatic nitrogens is 4. The van der Waals surface area contributed by atoms with Crippen molar-refractivity contribution in [3.63, 3.8) is 0 Å². The van der Waals surface area contributed by atoms with E-state index in [9.17, 15) is 9.59 Å². The van der Waals surface area contributed by atoms with Gasteiger partial charge in [-0.05, 0) is 39.3 Å². The maximum atomic E-state index is 13.2. The summed E-state index contributed by atoms with van der Waals surface area (Å²) >= 11 is 0. The predicted octanol–water partition coefficient (Wildman–Crippen LogP) is 2.68. The molecule has 3 heterocycles. The van der Waals surface area contributed by atoms with Gasteiger partial charge in [0.1, 0.15) is 5.52 Å². The first kappa shape index (κ1) is 20.9. The van der Waals surface area contributed by atoms with Gasteiger partial charge in [-0.1, -0.05) is 18.2 Å². The van der Waals surface area contributed by atoms with Gasteiger partial charge in [-0.15, -0.1) is 0 Å². The Kier molecular flexibility index (Phi) is 5.43. The zero-order valence-corrected chi connectivity index (χ0v) is 18.7. The van der Waals surface area contributed by atoms with Crippen LogP contribution in [0.2, 0.25) is 0 Å². The van der Waals surface area contributed by atoms with Gasteiger partial charge < -0.3 is 15.1 Å². The fourth-order valence-corrected chi connectivity index (χ4v) is 4.08. The number of piperazine rings is 1. The van der Waals surface area contributed by atoms with E-state index >= 15 is 0 Å². The summed E-state index contributed by atoms with van der Waals surface area (Å²) in [5, 5.41) is 7.38. The largest absolute Gasteiger partial charge is 0.339 e. The van der Waals surface area contributed by atoms with Crippen LogP contribution in [0.15, 0.2) is 29.1 Å². The molecule has 31 heavy (non-hydrogen) atoms. The lowest BCUT2D eigenvalue weighted by Gasteiger charge is -2.36. The molecule has 0 unspecified atom stereocenters. The molecule has 4 rings (SSSR count). The van der Waals surface area contributed by atoms with E-state index < -0.39 is 0 Å². The quantitative estimate of drug-likeness (QED) is 0.700. The second kappa shape index (κ2) is 8.05. The zero-order valence-electron chi connectivity index (χ0n) is 18.7. The fraction of sp³-hybridized carbons (Fsp3) is 0.455. The Morgan fingerprint density at radius 1 is 1.10 bits per heavy atom. The number of aryl methyl sites for hydroxylation is 3. The zero-order chi connectivity index (χ0) is 22.3. The van der Waals surface area contributed by atoms with Crippen molar-refractivity contribution in [2.24, 2.45) is 7.05 Å². The van der Waals surface area contributed by atoms with Crippen LogP contribution < -0.4 is 15.8 Å². The number of anilines is 2. The number of carbonyl (C=O) groups excluding carboxylic acids is 1. The molecule has 1 N–H and O–H groups in total. The number of rotatable bonds is 3. The van der Waals surface area contributed by atoms with E-state index in [1.165, 1.54) is 0 Å². The fourth-order valence-electron chi connectivity index (χ4n) is 4.08. The topological polar surface area (TPSA) is 88.3 Å². The van der Waals surface area contributed by atoms with E-state index in [0.29, 0.717) is 43.2 Å². The molecule has 0 spiro atoms. The molecule has 1 aromatic carbocycles. The first-order valence-electron chi connectivity index (χ1n) is 10.6. The Morgan fingerprint density at radius 3 is 2.42 bits per heavy atom. The molecular weight excluding hydrogens is 394 g/mol. The number of fused-ring (bicyclic) bond motifs is 1. The third-order valence-corrected chi connectivity index (χ3v) is 5.79. The van der Waals surface area contributed by atoms with Crippen LogP contribution in [0.25, 0.3) is 11.0 Å². The standard InChI is InChI=1S/C22H29N7O2/c1-14(2)29-20(30)19-18(16(4)25-26(19)5)24-21(29)27-10-12-28(13-11-27)22(31)23-17-9-7-6-8-15(17)3/h6-9,14H,10-13H2,1-5H3,(H,23,31). The molecule has 1 saturated heterocycles. The van der Waals surface area contributed by atoms with Crippen molar-refractivity contribution in [2.75, 3.05) is 36.4 Å². The maximum absolute atomic E-state index is 13.2. The van der Waals surface area contributed by atoms with Gasteiger partial charge in [-0.3, -0.25) is 14.0 Å². The molecule has 0 saturated carbocycles. The Labute approximate surface area is 181 Å². The number of hydrogen-bond donors (Lipinski definition) is 1. The maximum Gasteiger partial charge on any atom is 0.321 e. The molecule has 0 atom stereocenters. The minimum atomic E-state index is -0.110. The molecule has 164 valence electrons. The monoisotopic (exact) mass is 423 g/mol. The van der Waals surface area contributed by atoms with Crippen LogP contribution in [0.4, 0.5) is 16.4 Å². The second-order valence-corrected chi connectivity index (χ2v) is 8.31. The van der Waals surface area contributed by atoms with Crippen molar-refractivity contribution in [2.45, 2.75) is 33.7 Å². The number of nitrogens with zero attached hydrogens (tertiary/aromatic N) is 6. The summed E-state index contributed by atoms with van der Waals surface area (Å²) < 4.78 is 3.34. The Hall–Kier alpha value is -3.36. The van der Waals surface area contributed by atoms with E-state index in [1.807, 2.05) is 52.0 Å². The van der Waals surface area contributed by atoms with E-state index in [1.54, 1.807) is 21.2 Å². The van der Waals surface area contributed by atoms with Crippen LogP contribution in [0.5, 0.6) is 0 Å². The average Bonchev–Trinajstić information content (AvgIpc) is 3.03. The minimum absolute atomic E-state index is 0.0445. The van der Waals surface area contributed by atoms with Gasteiger partial charge in [-0.2, -0.15) is 5.10 Å². The summed E-state index contributed by atoms with van der Waals surface area (Å²) in [6.45, 7) is 10.1. The molecule has 1 aliphatic rings. The summed E-state index contributed by atoms with van der Waals surface area (Å²) in [6.07, 6.45) is 0. The Bertz CT molecular complexity index is 1190. The van der Waals surface area contributed by atoms with E-state index in [4.69, 9.17) is 4.98 Å². The second-order valence-electron chi connectivity index (χ2n) is 8.31. The summed E-state index contributed by atoms with van der Waals surface area (Å²) in [5.41, 5.74) is 3.66. The molecule has 2 aromatic heterocycles. The number of para-hydroxylation sites is 1. The van der Waals surface area contributed by atoms with Crippen molar-refractivity contribution < 1.29 is 4.79 Å². The van der Waals surface area contributed by atoms with Crippen LogP contribution in [0.3, 0.4) is 0 Å². The van der Waals surface area contributed by atoms with Crippen LogP contribution in [-0.2, 0) is 7.05 Å². The molecule has 9 heteroatoms. The highest BCUT2D eigenvalue weighted by atomic mass is 16.2. The van der Waals surface area contributed by atoms with Gasteiger partial charge in [-0.25, -0.2) is 9.78 Å². The number of hydrogen-bond acceptors (Lipinski definition) is 5. The molecule has 3 aromatic rings. The van der Waals surface area contributed by atoms with Crippen molar-refractivity contribution in [1.29, 1.82) is 0 Å². The highest BCUT2D eigenvalue weighted by molar-refractivity contribution is 5.90. The highest BCUT2D eigenvalue weighted by Gasteiger charge is 2.27. The van der Waals surface area contributed by atoms with Gasteiger partial charge in [0.05, 0.1) is 5.69 Å².